The van der Waals surface area contributed by atoms with Crippen molar-refractivity contribution in [2.75, 3.05) is 0 Å². The van der Waals surface area contributed by atoms with Gasteiger partial charge in [0.15, 0.2) is 0 Å². The Balaban J connectivity index is 1.85. The molecule has 2 rings (SSSR count). The van der Waals surface area contributed by atoms with Crippen molar-refractivity contribution < 1.29 is 0 Å². The van der Waals surface area contributed by atoms with Gasteiger partial charge in [-0.25, -0.2) is 9.67 Å². The number of nitrogens with one attached hydrogen (secondary N) is 2. The van der Waals surface area contributed by atoms with E-state index in [1.54, 1.807) is 0 Å². The number of H-pyrrole nitrogens is 1. The lowest BCUT2D eigenvalue weighted by molar-refractivity contribution is 0.347. The van der Waals surface area contributed by atoms with Crippen LogP contribution in [0, 0.1) is 0 Å². The molecule has 0 radical (unpaired) electrons. The normalized spacial score (nSPS) is 11.9. The highest BCUT2D eigenvalue weighted by Crippen LogP contribution is 2.11. The minimum absolute atomic E-state index is 0.0316. The lowest BCUT2D eigenvalue weighted by Gasteiger charge is -2.17. The molecule has 0 amide bonds. The summed E-state index contributed by atoms with van der Waals surface area (Å²) >= 11 is 0. The fourth-order valence-electron chi connectivity index (χ4n) is 1.33. The Kier molecular flexibility index (Phi) is 3.19. The van der Waals surface area contributed by atoms with E-state index in [4.69, 9.17) is 0 Å². The average Bonchev–Trinajstić information content (AvgIpc) is 2.86. The smallest absolute Gasteiger partial charge is 0.138 e. The quantitative estimate of drug-likeness (QED) is 0.803. The summed E-state index contributed by atoms with van der Waals surface area (Å²) in [6.45, 7) is 7.58. The standard InChI is InChI=1S/C10H17N7/c1-10(2,3)17-6-8(14-16-17)4-11-5-9-12-7-13-15-9/h6-7,11H,4-5H2,1-3H3,(H,12,13,15). The first-order valence-electron chi connectivity index (χ1n) is 5.52. The van der Waals surface area contributed by atoms with Crippen LogP contribution in [0.25, 0.3) is 0 Å². The third kappa shape index (κ3) is 3.10. The molecule has 2 heterocycles. The summed E-state index contributed by atoms with van der Waals surface area (Å²) in [5.74, 6) is 0.813. The molecule has 0 saturated carbocycles. The van der Waals surface area contributed by atoms with Crippen LogP contribution in [0.4, 0.5) is 0 Å². The molecule has 0 saturated heterocycles. The highest BCUT2D eigenvalue weighted by molar-refractivity contribution is 4.94. The van der Waals surface area contributed by atoms with Crippen molar-refractivity contribution >= 4 is 0 Å². The van der Waals surface area contributed by atoms with Crippen molar-refractivity contribution in [2.45, 2.75) is 39.4 Å². The fourth-order valence-corrected chi connectivity index (χ4v) is 1.33. The SMILES string of the molecule is CC(C)(C)n1cc(CNCc2ncn[nH]2)nn1. The molecular weight excluding hydrogens is 218 g/mol. The molecule has 7 nitrogen and oxygen atoms in total. The van der Waals surface area contributed by atoms with Crippen LogP contribution in [0.2, 0.25) is 0 Å². The van der Waals surface area contributed by atoms with E-state index < -0.39 is 0 Å². The molecular formula is C10H17N7. The van der Waals surface area contributed by atoms with E-state index >= 15 is 0 Å². The van der Waals surface area contributed by atoms with Crippen LogP contribution in [0.1, 0.15) is 32.3 Å². The summed E-state index contributed by atoms with van der Waals surface area (Å²) in [5, 5.41) is 18.0. The maximum absolute atomic E-state index is 4.11. The largest absolute Gasteiger partial charge is 0.304 e. The zero-order chi connectivity index (χ0) is 12.3. The van der Waals surface area contributed by atoms with Gasteiger partial charge in [0.05, 0.1) is 24.0 Å². The van der Waals surface area contributed by atoms with Gasteiger partial charge in [-0.3, -0.25) is 5.10 Å². The molecule has 2 aromatic heterocycles. The summed E-state index contributed by atoms with van der Waals surface area (Å²) < 4.78 is 1.86. The Bertz CT molecular complexity index is 451. The molecule has 0 aliphatic rings. The minimum atomic E-state index is -0.0316. The summed E-state index contributed by atoms with van der Waals surface area (Å²) in [6.07, 6.45) is 3.44. The molecule has 2 aromatic rings. The van der Waals surface area contributed by atoms with Crippen LogP contribution in [0.15, 0.2) is 12.5 Å². The van der Waals surface area contributed by atoms with Crippen molar-refractivity contribution in [2.24, 2.45) is 0 Å². The van der Waals surface area contributed by atoms with Crippen molar-refractivity contribution in [3.05, 3.63) is 24.0 Å². The third-order valence-electron chi connectivity index (χ3n) is 2.29. The average molecular weight is 235 g/mol. The number of aromatic amines is 1. The summed E-state index contributed by atoms with van der Waals surface area (Å²) in [6, 6.07) is 0. The second-order valence-corrected chi connectivity index (χ2v) is 4.86. The first-order chi connectivity index (χ1) is 8.05. The van der Waals surface area contributed by atoms with Crippen molar-refractivity contribution in [3.63, 3.8) is 0 Å². The molecule has 0 spiro atoms. The van der Waals surface area contributed by atoms with Gasteiger partial charge in [-0.2, -0.15) is 5.10 Å². The zero-order valence-electron chi connectivity index (χ0n) is 10.3. The molecule has 0 unspecified atom stereocenters. The zero-order valence-corrected chi connectivity index (χ0v) is 10.3. The maximum Gasteiger partial charge on any atom is 0.138 e. The lowest BCUT2D eigenvalue weighted by Crippen LogP contribution is -2.22. The summed E-state index contributed by atoms with van der Waals surface area (Å²) in [5.41, 5.74) is 0.885. The van der Waals surface area contributed by atoms with Gasteiger partial charge in [-0.1, -0.05) is 5.21 Å². The molecule has 0 fully saturated rings. The lowest BCUT2D eigenvalue weighted by atomic mass is 10.1. The minimum Gasteiger partial charge on any atom is -0.304 e. The van der Waals surface area contributed by atoms with Crippen molar-refractivity contribution in [3.8, 4) is 0 Å². The second-order valence-electron chi connectivity index (χ2n) is 4.86. The van der Waals surface area contributed by atoms with E-state index in [-0.39, 0.29) is 5.54 Å². The number of hydrogen-bond acceptors (Lipinski definition) is 5. The van der Waals surface area contributed by atoms with Gasteiger partial charge in [0.25, 0.3) is 0 Å². The molecule has 0 atom stereocenters. The number of rotatable bonds is 4. The topological polar surface area (TPSA) is 84.3 Å². The Labute approximate surface area is 99.6 Å². The van der Waals surface area contributed by atoms with Crippen LogP contribution < -0.4 is 5.32 Å². The Morgan fingerprint density at radius 3 is 2.76 bits per heavy atom. The summed E-state index contributed by atoms with van der Waals surface area (Å²) in [7, 11) is 0. The van der Waals surface area contributed by atoms with E-state index in [9.17, 15) is 0 Å². The van der Waals surface area contributed by atoms with Crippen molar-refractivity contribution in [1.82, 2.24) is 35.5 Å². The Morgan fingerprint density at radius 1 is 1.35 bits per heavy atom. The molecule has 92 valence electrons. The van der Waals surface area contributed by atoms with Gasteiger partial charge in [-0.05, 0) is 20.8 Å². The van der Waals surface area contributed by atoms with Crippen LogP contribution >= 0.6 is 0 Å². The molecule has 0 aliphatic carbocycles. The van der Waals surface area contributed by atoms with Gasteiger partial charge < -0.3 is 5.32 Å². The van der Waals surface area contributed by atoms with Crippen LogP contribution in [-0.2, 0) is 18.6 Å². The number of nitrogens with zero attached hydrogens (tertiary/aromatic N) is 5. The van der Waals surface area contributed by atoms with Crippen LogP contribution in [0.3, 0.4) is 0 Å². The number of hydrogen-bond donors (Lipinski definition) is 2. The molecule has 17 heavy (non-hydrogen) atoms. The number of aromatic nitrogens is 6. The monoisotopic (exact) mass is 235 g/mol. The van der Waals surface area contributed by atoms with Crippen molar-refractivity contribution in [1.29, 1.82) is 0 Å². The molecule has 2 N–H and O–H groups in total. The maximum atomic E-state index is 4.11. The highest BCUT2D eigenvalue weighted by Gasteiger charge is 2.14. The molecule has 0 bridgehead atoms. The van der Waals surface area contributed by atoms with Gasteiger partial charge in [0.1, 0.15) is 12.2 Å². The van der Waals surface area contributed by atoms with E-state index in [2.05, 4.69) is 51.6 Å². The first-order valence-corrected chi connectivity index (χ1v) is 5.52. The second kappa shape index (κ2) is 4.62. The Morgan fingerprint density at radius 2 is 2.18 bits per heavy atom. The first kappa shape index (κ1) is 11.7. The third-order valence-corrected chi connectivity index (χ3v) is 2.29. The highest BCUT2D eigenvalue weighted by atomic mass is 15.4. The summed E-state index contributed by atoms with van der Waals surface area (Å²) in [4.78, 5) is 4.02. The molecule has 7 heteroatoms. The molecule has 0 aromatic carbocycles. The van der Waals surface area contributed by atoms with Gasteiger partial charge in [0.2, 0.25) is 0 Å². The van der Waals surface area contributed by atoms with Gasteiger partial charge in [-0.15, -0.1) is 5.10 Å². The predicted molar refractivity (Wildman–Crippen MR) is 61.9 cm³/mol. The predicted octanol–water partition coefficient (Wildman–Crippen LogP) is 0.441. The van der Waals surface area contributed by atoms with E-state index in [0.717, 1.165) is 11.5 Å². The van der Waals surface area contributed by atoms with Gasteiger partial charge >= 0.3 is 0 Å². The van der Waals surface area contributed by atoms with Crippen LogP contribution in [0.5, 0.6) is 0 Å². The van der Waals surface area contributed by atoms with E-state index in [1.807, 2.05) is 10.9 Å². The molecule has 0 aliphatic heterocycles. The van der Waals surface area contributed by atoms with Crippen LogP contribution in [-0.4, -0.2) is 30.2 Å². The fraction of sp³-hybridized carbons (Fsp3) is 0.600. The van der Waals surface area contributed by atoms with E-state index in [0.29, 0.717) is 13.1 Å². The van der Waals surface area contributed by atoms with Gasteiger partial charge in [0, 0.05) is 6.54 Å². The van der Waals surface area contributed by atoms with E-state index in [1.165, 1.54) is 6.33 Å². The Hall–Kier alpha value is -1.76.